The van der Waals surface area contributed by atoms with E-state index in [9.17, 15) is 9.59 Å². The van der Waals surface area contributed by atoms with Gasteiger partial charge in [-0.2, -0.15) is 0 Å². The first-order valence-electron chi connectivity index (χ1n) is 30.4. The van der Waals surface area contributed by atoms with Crippen molar-refractivity contribution >= 4 is 46.0 Å². The number of esters is 1. The molecule has 1 aromatic carbocycles. The number of carbonyl (C=O) groups excluding carboxylic acids is 4. The van der Waals surface area contributed by atoms with Gasteiger partial charge in [-0.3, -0.25) is 43.9 Å². The van der Waals surface area contributed by atoms with Crippen LogP contribution in [-0.2, 0) is 51.1 Å². The summed E-state index contributed by atoms with van der Waals surface area (Å²) in [4.78, 5) is 77.4. The van der Waals surface area contributed by atoms with E-state index in [-0.39, 0.29) is 60.3 Å². The van der Waals surface area contributed by atoms with E-state index in [1.165, 1.54) is 12.8 Å². The second kappa shape index (κ2) is 22.4. The molecule has 2 aromatic heterocycles. The molecule has 9 aliphatic rings. The Labute approximate surface area is 473 Å². The van der Waals surface area contributed by atoms with Crippen molar-refractivity contribution in [3.8, 4) is 11.3 Å². The quantitative estimate of drug-likeness (QED) is 0.200. The summed E-state index contributed by atoms with van der Waals surface area (Å²) in [6.45, 7) is 23.8. The minimum Gasteiger partial charge on any atom is -0.464 e. The molecular weight excluding hydrogens is 1010 g/mol. The average Bonchev–Trinajstić information content (AvgIpc) is 4.03. The number of hydrogen-bond donors (Lipinski definition) is 2. The first kappa shape index (κ1) is 55.6. The van der Waals surface area contributed by atoms with E-state index < -0.39 is 29.5 Å². The molecule has 1 unspecified atom stereocenters. The predicted molar refractivity (Wildman–Crippen MR) is 306 cm³/mol. The molecule has 1 saturated carbocycles. The number of pyridine rings is 1. The molecule has 1 spiro atoms. The zero-order chi connectivity index (χ0) is 55.8. The molecule has 10 atom stereocenters. The van der Waals surface area contributed by atoms with E-state index in [0.29, 0.717) is 70.0 Å². The van der Waals surface area contributed by atoms with Crippen LogP contribution in [0.5, 0.6) is 0 Å². The molecule has 1 aliphatic carbocycles. The predicted octanol–water partition coefficient (Wildman–Crippen LogP) is 4.69. The van der Waals surface area contributed by atoms with Gasteiger partial charge in [-0.05, 0) is 114 Å². The van der Waals surface area contributed by atoms with E-state index in [2.05, 4.69) is 118 Å². The fourth-order valence-corrected chi connectivity index (χ4v) is 15.2. The van der Waals surface area contributed by atoms with E-state index in [0.717, 1.165) is 123 Å². The number of nitrogens with zero attached hydrogens (tertiary/aromatic N) is 9. The lowest BCUT2D eigenvalue weighted by atomic mass is 9.84. The van der Waals surface area contributed by atoms with Crippen molar-refractivity contribution < 1.29 is 38.1 Å². The van der Waals surface area contributed by atoms with Crippen LogP contribution in [0, 0.1) is 22.7 Å². The molecule has 6 bridgehead atoms. The van der Waals surface area contributed by atoms with Crippen molar-refractivity contribution in [3.05, 3.63) is 41.7 Å². The number of morpholine rings is 2. The molecule has 8 aliphatic heterocycles. The monoisotopic (exact) mass is 1100 g/mol. The van der Waals surface area contributed by atoms with Gasteiger partial charge in [0.15, 0.2) is 0 Å². The van der Waals surface area contributed by atoms with Crippen LogP contribution >= 0.6 is 0 Å². The maximum atomic E-state index is 15.0. The molecule has 0 radical (unpaired) electrons. The molecule has 8 fully saturated rings. The number of fused-ring (bicyclic) bond motifs is 7. The molecular formula is C61H89N11O8. The van der Waals surface area contributed by atoms with E-state index in [4.69, 9.17) is 23.9 Å². The summed E-state index contributed by atoms with van der Waals surface area (Å²) < 4.78 is 27.3. The van der Waals surface area contributed by atoms with Crippen LogP contribution in [-0.4, -0.2) is 213 Å². The molecule has 19 heteroatoms. The fourth-order valence-electron chi connectivity index (χ4n) is 15.2. The second-order valence-corrected chi connectivity index (χ2v) is 26.3. The highest BCUT2D eigenvalue weighted by Gasteiger charge is 2.59. The molecule has 80 heavy (non-hydrogen) atoms. The highest BCUT2D eigenvalue weighted by atomic mass is 16.5. The molecule has 12 rings (SSSR count). The summed E-state index contributed by atoms with van der Waals surface area (Å²) in [6, 6.07) is 7.70. The number of hydrazine groups is 1. The normalized spacial score (nSPS) is 31.3. The van der Waals surface area contributed by atoms with Crippen LogP contribution < -0.4 is 20.5 Å². The number of hydrogen-bond acceptors (Lipinski definition) is 15. The first-order valence-corrected chi connectivity index (χ1v) is 30.4. The summed E-state index contributed by atoms with van der Waals surface area (Å²) in [5.41, 5.74) is 10.1. The number of rotatable bonds is 11. The number of anilines is 2. The minimum atomic E-state index is -0.928. The maximum Gasteiger partial charge on any atom is 0.324 e. The third-order valence-electron chi connectivity index (χ3n) is 19.8. The number of likely N-dealkylation sites (N-methyl/N-ethyl adjacent to an activating group) is 1. The second-order valence-electron chi connectivity index (χ2n) is 26.3. The molecule has 436 valence electrons. The number of aromatic nitrogens is 2. The number of carbonyl (C=O) groups is 4. The van der Waals surface area contributed by atoms with Gasteiger partial charge in [-0.15, -0.1) is 0 Å². The molecule has 3 aromatic rings. The lowest BCUT2D eigenvalue weighted by Crippen LogP contribution is -2.62. The molecule has 3 amide bonds. The Morgan fingerprint density at radius 1 is 0.938 bits per heavy atom. The van der Waals surface area contributed by atoms with E-state index in [1.807, 2.05) is 6.20 Å². The van der Waals surface area contributed by atoms with Crippen molar-refractivity contribution in [2.45, 2.75) is 148 Å². The van der Waals surface area contributed by atoms with Gasteiger partial charge in [0.25, 0.3) is 5.91 Å². The Morgan fingerprint density at radius 3 is 2.54 bits per heavy atom. The highest BCUT2D eigenvalue weighted by Crippen LogP contribution is 2.49. The number of methoxy groups -OCH3 is 1. The van der Waals surface area contributed by atoms with Crippen LogP contribution in [0.2, 0.25) is 0 Å². The van der Waals surface area contributed by atoms with Crippen molar-refractivity contribution in [1.29, 1.82) is 0 Å². The zero-order valence-corrected chi connectivity index (χ0v) is 48.9. The molecule has 19 nitrogen and oxygen atoms in total. The van der Waals surface area contributed by atoms with Gasteiger partial charge < -0.3 is 43.5 Å². The Morgan fingerprint density at radius 2 is 1.75 bits per heavy atom. The van der Waals surface area contributed by atoms with Gasteiger partial charge in [0.05, 0.1) is 74.0 Å². The van der Waals surface area contributed by atoms with Crippen LogP contribution in [0.1, 0.15) is 104 Å². The summed E-state index contributed by atoms with van der Waals surface area (Å²) in [5.74, 6) is 0.0271. The Hall–Kier alpha value is -4.89. The molecule has 7 saturated heterocycles. The third kappa shape index (κ3) is 10.9. The van der Waals surface area contributed by atoms with Gasteiger partial charge in [0.2, 0.25) is 11.8 Å². The smallest absolute Gasteiger partial charge is 0.324 e. The van der Waals surface area contributed by atoms with Gasteiger partial charge in [-0.1, -0.05) is 27.7 Å². The summed E-state index contributed by atoms with van der Waals surface area (Å²) in [6.07, 6.45) is 7.62. The average molecular weight is 1100 g/mol. The topological polar surface area (TPSA) is 170 Å². The fraction of sp³-hybridized carbons (Fsp3) is 0.721. The third-order valence-corrected chi connectivity index (χ3v) is 19.8. The van der Waals surface area contributed by atoms with Crippen LogP contribution in [0.3, 0.4) is 0 Å². The van der Waals surface area contributed by atoms with Gasteiger partial charge in [0.1, 0.15) is 18.1 Å². The zero-order valence-electron chi connectivity index (χ0n) is 48.9. The van der Waals surface area contributed by atoms with Crippen molar-refractivity contribution in [2.24, 2.45) is 22.7 Å². The van der Waals surface area contributed by atoms with Crippen molar-refractivity contribution in [2.75, 3.05) is 122 Å². The SMILES string of the molecule is CCn1c(-c2cc(N3CCN4CCOC[C@@H]4C3)cnc2[C@H](C)OC)c2c3cc(ccc31)N1CCO[C@@H](C[C@H](NC(=O)[C@H](C(C)C)N3CC[C@]4(CCN(C(=O)[C@H]5[C@@H](C6CC6)N5C)C4)C3)C(=O)N3CCC[C@H](N3)C(=O)OCC(C)(C)C2)C1. The Bertz CT molecular complexity index is 2820. The number of likely N-dealkylation sites (tertiary alicyclic amines) is 2. The van der Waals surface area contributed by atoms with Gasteiger partial charge in [-0.25, -0.2) is 5.43 Å². The number of nitrogens with one attached hydrogen (secondary N) is 2. The standard InChI is InChI=1S/C61H89N11O8/c1-9-71-50-15-14-41-27-45(50)47(54(71)46-28-42(31-62-51(46)39(4)77-8)67-22-21-66-23-25-78-34-43(66)32-67)30-60(5,6)37-80-59(76)48-11-10-18-72(64-48)57(74)49(29-44-33-68(41)24-26-79-44)63-56(73)52(38(2)3)69-19-16-61(35-69)17-20-70(36-61)58(75)55-53(65(55)7)40-12-13-40/h14-15,27-28,31,38-40,43-44,48-49,52-53,55,64H,9-13,16-26,29-30,32-37H2,1-8H3,(H,63,73)/t39-,43-,44-,48-,49-,52-,53+,55+,61-,65?/m0/s1. The van der Waals surface area contributed by atoms with Crippen LogP contribution in [0.25, 0.3) is 22.2 Å². The van der Waals surface area contributed by atoms with Crippen molar-refractivity contribution in [1.82, 2.24) is 44.9 Å². The number of benzene rings is 1. The number of piperazine rings is 1. The number of cyclic esters (lactones) is 1. The maximum absolute atomic E-state index is 15.0. The number of aryl methyl sites for hydroxylation is 1. The highest BCUT2D eigenvalue weighted by molar-refractivity contribution is 5.95. The first-order chi connectivity index (χ1) is 38.5. The van der Waals surface area contributed by atoms with E-state index >= 15 is 9.59 Å². The summed E-state index contributed by atoms with van der Waals surface area (Å²) in [5, 5.41) is 5.98. The lowest BCUT2D eigenvalue weighted by molar-refractivity contribution is -0.156. The van der Waals surface area contributed by atoms with Gasteiger partial charge in [0, 0.05) is 125 Å². The number of ether oxygens (including phenoxy) is 4. The minimum absolute atomic E-state index is 0.0156. The van der Waals surface area contributed by atoms with Gasteiger partial charge >= 0.3 is 5.97 Å². The number of amides is 3. The Balaban J connectivity index is 0.845. The lowest BCUT2D eigenvalue weighted by Gasteiger charge is -2.44. The summed E-state index contributed by atoms with van der Waals surface area (Å²) in [7, 11) is 3.83. The molecule has 2 N–H and O–H groups in total. The Kier molecular flexibility index (Phi) is 15.5. The summed E-state index contributed by atoms with van der Waals surface area (Å²) >= 11 is 0. The van der Waals surface area contributed by atoms with Crippen LogP contribution in [0.4, 0.5) is 11.4 Å². The van der Waals surface area contributed by atoms with E-state index in [1.54, 1.807) is 12.1 Å². The molecule has 10 heterocycles. The van der Waals surface area contributed by atoms with Crippen molar-refractivity contribution in [3.63, 3.8) is 0 Å². The largest absolute Gasteiger partial charge is 0.464 e. The van der Waals surface area contributed by atoms with Crippen LogP contribution in [0.15, 0.2) is 30.5 Å².